The molecule has 0 bridgehead atoms. The molecule has 1 N–H and O–H groups in total. The van der Waals surface area contributed by atoms with Crippen molar-refractivity contribution in [1.82, 2.24) is 0 Å². The average molecular weight is 298 g/mol. The fourth-order valence-electron chi connectivity index (χ4n) is 2.54. The summed E-state index contributed by atoms with van der Waals surface area (Å²) in [6.45, 7) is 2.22. The molecule has 20 heavy (non-hydrogen) atoms. The molecule has 0 aromatic heterocycles. The van der Waals surface area contributed by atoms with Gasteiger partial charge in [-0.2, -0.15) is 0 Å². The van der Waals surface area contributed by atoms with Crippen LogP contribution < -0.4 is 0 Å². The second kappa shape index (κ2) is 5.93. The van der Waals surface area contributed by atoms with Gasteiger partial charge in [-0.15, -0.1) is 0 Å². The Bertz CT molecular complexity index is 593. The molecule has 1 fully saturated rings. The smallest absolute Gasteiger partial charge is 0.307 e. The summed E-state index contributed by atoms with van der Waals surface area (Å²) in [5.41, 5.74) is 1.11. The predicted molar refractivity (Wildman–Crippen MR) is 74.2 cm³/mol. The van der Waals surface area contributed by atoms with Crippen LogP contribution in [0.1, 0.15) is 24.5 Å². The zero-order valence-electron chi connectivity index (χ0n) is 11.3. The van der Waals surface area contributed by atoms with Crippen LogP contribution in [0.2, 0.25) is 0 Å². The Morgan fingerprint density at radius 1 is 1.35 bits per heavy atom. The fourth-order valence-corrected chi connectivity index (χ4v) is 4.59. The Hall–Kier alpha value is -1.40. The molecule has 6 heteroatoms. The van der Waals surface area contributed by atoms with E-state index in [4.69, 9.17) is 9.84 Å². The van der Waals surface area contributed by atoms with Gasteiger partial charge in [-0.1, -0.05) is 24.3 Å². The zero-order chi connectivity index (χ0) is 14.8. The quantitative estimate of drug-likeness (QED) is 0.889. The van der Waals surface area contributed by atoms with E-state index in [0.29, 0.717) is 24.2 Å². The van der Waals surface area contributed by atoms with E-state index in [1.54, 1.807) is 31.2 Å². The van der Waals surface area contributed by atoms with Crippen molar-refractivity contribution in [2.24, 2.45) is 0 Å². The van der Waals surface area contributed by atoms with Crippen molar-refractivity contribution in [3.05, 3.63) is 35.4 Å². The minimum atomic E-state index is -3.34. The van der Waals surface area contributed by atoms with Gasteiger partial charge in [-0.05, 0) is 24.5 Å². The first-order valence-electron chi connectivity index (χ1n) is 6.52. The third kappa shape index (κ3) is 3.37. The van der Waals surface area contributed by atoms with E-state index in [0.717, 1.165) is 0 Å². The monoisotopic (exact) mass is 298 g/mol. The molecule has 2 rings (SSSR count). The molecule has 1 aromatic carbocycles. The molecule has 110 valence electrons. The normalized spacial score (nSPS) is 22.9. The van der Waals surface area contributed by atoms with Crippen LogP contribution in [0.4, 0.5) is 0 Å². The largest absolute Gasteiger partial charge is 0.481 e. The Morgan fingerprint density at radius 2 is 2.00 bits per heavy atom. The molecule has 1 aromatic rings. The van der Waals surface area contributed by atoms with Crippen molar-refractivity contribution < 1.29 is 23.1 Å². The summed E-state index contributed by atoms with van der Waals surface area (Å²) in [5, 5.41) is 8.37. The van der Waals surface area contributed by atoms with Gasteiger partial charge >= 0.3 is 5.97 Å². The Kier molecular flexibility index (Phi) is 4.45. The van der Waals surface area contributed by atoms with E-state index in [-0.39, 0.29) is 18.3 Å². The Morgan fingerprint density at radius 3 is 2.55 bits per heavy atom. The highest BCUT2D eigenvalue weighted by Gasteiger charge is 2.35. The first kappa shape index (κ1) is 15.0. The van der Waals surface area contributed by atoms with Gasteiger partial charge in [0.15, 0.2) is 9.84 Å². The summed E-state index contributed by atoms with van der Waals surface area (Å²) in [4.78, 5) is 10.8. The summed E-state index contributed by atoms with van der Waals surface area (Å²) in [6.07, 6.45) is 0.0409. The zero-order valence-corrected chi connectivity index (χ0v) is 12.1. The lowest BCUT2D eigenvalue weighted by Crippen LogP contribution is -2.29. The fraction of sp³-hybridized carbons (Fsp3) is 0.500. The summed E-state index contributed by atoms with van der Waals surface area (Å²) in [5.74, 6) is -1.10. The minimum absolute atomic E-state index is 0.130. The molecule has 5 nitrogen and oxygen atoms in total. The lowest BCUT2D eigenvalue weighted by molar-refractivity contribution is -0.136. The number of benzene rings is 1. The van der Waals surface area contributed by atoms with E-state index in [2.05, 4.69) is 0 Å². The summed E-state index contributed by atoms with van der Waals surface area (Å²) in [6, 6.07) is 6.78. The number of carbonyl (C=O) groups is 1. The Labute approximate surface area is 118 Å². The van der Waals surface area contributed by atoms with E-state index >= 15 is 0 Å². The van der Waals surface area contributed by atoms with Crippen LogP contribution in [0.25, 0.3) is 0 Å². The summed E-state index contributed by atoms with van der Waals surface area (Å²) >= 11 is 0. The van der Waals surface area contributed by atoms with Crippen molar-refractivity contribution in [1.29, 1.82) is 0 Å². The van der Waals surface area contributed by atoms with Crippen molar-refractivity contribution in [3.8, 4) is 0 Å². The lowest BCUT2D eigenvalue weighted by Gasteiger charge is -2.16. The molecular weight excluding hydrogens is 280 g/mol. The highest BCUT2D eigenvalue weighted by Crippen LogP contribution is 2.25. The van der Waals surface area contributed by atoms with Crippen LogP contribution in [0.3, 0.4) is 0 Å². The molecule has 0 spiro atoms. The number of ether oxygens (including phenoxy) is 1. The minimum Gasteiger partial charge on any atom is -0.481 e. The molecular formula is C14H18O5S. The van der Waals surface area contributed by atoms with Crippen LogP contribution in [0, 0.1) is 0 Å². The van der Waals surface area contributed by atoms with Crippen molar-refractivity contribution in [3.63, 3.8) is 0 Å². The highest BCUT2D eigenvalue weighted by atomic mass is 32.2. The van der Waals surface area contributed by atoms with E-state index < -0.39 is 21.1 Å². The molecule has 1 saturated heterocycles. The first-order chi connectivity index (χ1) is 9.40. The van der Waals surface area contributed by atoms with Crippen LogP contribution in [-0.2, 0) is 31.5 Å². The second-order valence-corrected chi connectivity index (χ2v) is 7.27. The molecule has 0 saturated carbocycles. The maximum Gasteiger partial charge on any atom is 0.307 e. The van der Waals surface area contributed by atoms with Crippen LogP contribution in [-0.4, -0.2) is 37.5 Å². The summed E-state index contributed by atoms with van der Waals surface area (Å²) in [7, 11) is -3.34. The molecule has 0 radical (unpaired) electrons. The topological polar surface area (TPSA) is 80.7 Å². The SMILES string of the molecule is CC1OCCC1S(=O)(=O)Cc1ccccc1CC(=O)O. The van der Waals surface area contributed by atoms with Crippen LogP contribution in [0.15, 0.2) is 24.3 Å². The van der Waals surface area contributed by atoms with E-state index in [9.17, 15) is 13.2 Å². The number of carboxylic acids is 1. The lowest BCUT2D eigenvalue weighted by atomic mass is 10.1. The van der Waals surface area contributed by atoms with Gasteiger partial charge in [0.25, 0.3) is 0 Å². The number of hydrogen-bond acceptors (Lipinski definition) is 4. The predicted octanol–water partition coefficient (Wildman–Crippen LogP) is 1.41. The van der Waals surface area contributed by atoms with Gasteiger partial charge in [-0.3, -0.25) is 4.79 Å². The van der Waals surface area contributed by atoms with Crippen molar-refractivity contribution in [2.75, 3.05) is 6.61 Å². The molecule has 0 amide bonds. The van der Waals surface area contributed by atoms with Crippen molar-refractivity contribution >= 4 is 15.8 Å². The van der Waals surface area contributed by atoms with Gasteiger partial charge in [0, 0.05) is 6.61 Å². The number of aliphatic carboxylic acids is 1. The molecule has 1 aliphatic heterocycles. The van der Waals surface area contributed by atoms with Crippen LogP contribution >= 0.6 is 0 Å². The average Bonchev–Trinajstić information content (AvgIpc) is 2.78. The van der Waals surface area contributed by atoms with Gasteiger partial charge in [-0.25, -0.2) is 8.42 Å². The number of carboxylic acid groups (broad SMARTS) is 1. The van der Waals surface area contributed by atoms with Gasteiger partial charge in [0.1, 0.15) is 0 Å². The molecule has 2 atom stereocenters. The van der Waals surface area contributed by atoms with Crippen LogP contribution in [0.5, 0.6) is 0 Å². The third-order valence-corrected chi connectivity index (χ3v) is 5.84. The van der Waals surface area contributed by atoms with Gasteiger partial charge < -0.3 is 9.84 Å². The highest BCUT2D eigenvalue weighted by molar-refractivity contribution is 7.91. The van der Waals surface area contributed by atoms with Crippen molar-refractivity contribution in [2.45, 2.75) is 36.9 Å². The maximum absolute atomic E-state index is 12.4. The van der Waals surface area contributed by atoms with E-state index in [1.165, 1.54) is 0 Å². The number of hydrogen-bond donors (Lipinski definition) is 1. The number of rotatable bonds is 5. The van der Waals surface area contributed by atoms with E-state index in [1.807, 2.05) is 0 Å². The molecule has 2 unspecified atom stereocenters. The van der Waals surface area contributed by atoms with Gasteiger partial charge in [0.2, 0.25) is 0 Å². The second-order valence-electron chi connectivity index (χ2n) is 5.05. The molecule has 0 aliphatic carbocycles. The molecule has 1 heterocycles. The Balaban J connectivity index is 2.23. The first-order valence-corrected chi connectivity index (χ1v) is 8.23. The maximum atomic E-state index is 12.4. The molecule has 1 aliphatic rings. The van der Waals surface area contributed by atoms with Gasteiger partial charge in [0.05, 0.1) is 23.5 Å². The number of sulfone groups is 1. The third-order valence-electron chi connectivity index (χ3n) is 3.58. The standard InChI is InChI=1S/C14H18O5S/c1-10-13(6-7-19-10)20(17,18)9-12-5-3-2-4-11(12)8-14(15)16/h2-5,10,13H,6-9H2,1H3,(H,15,16). The summed E-state index contributed by atoms with van der Waals surface area (Å²) < 4.78 is 30.2.